The quantitative estimate of drug-likeness (QED) is 0.893. The van der Waals surface area contributed by atoms with Crippen molar-refractivity contribution in [1.29, 1.82) is 0 Å². The summed E-state index contributed by atoms with van der Waals surface area (Å²) in [5.74, 6) is -0.254. The van der Waals surface area contributed by atoms with Gasteiger partial charge in [-0.15, -0.1) is 0 Å². The van der Waals surface area contributed by atoms with E-state index in [1.807, 2.05) is 26.8 Å². The molecule has 0 aromatic heterocycles. The van der Waals surface area contributed by atoms with Gasteiger partial charge in [-0.1, -0.05) is 12.1 Å². The zero-order chi connectivity index (χ0) is 14.5. The molecule has 0 fully saturated rings. The maximum atomic E-state index is 11.9. The number of rotatable bonds is 4. The summed E-state index contributed by atoms with van der Waals surface area (Å²) < 4.78 is 0.742. The van der Waals surface area contributed by atoms with E-state index in [1.54, 1.807) is 18.2 Å². The molecule has 1 aromatic rings. The van der Waals surface area contributed by atoms with Crippen molar-refractivity contribution in [3.05, 3.63) is 34.3 Å². The second-order valence-corrected chi connectivity index (χ2v) is 6.14. The number of hydrogen-bond donors (Lipinski definition) is 2. The Morgan fingerprint density at radius 3 is 2.42 bits per heavy atom. The predicted octanol–water partition coefficient (Wildman–Crippen LogP) is 2.48. The van der Waals surface area contributed by atoms with Gasteiger partial charge in [-0.25, -0.2) is 0 Å². The van der Waals surface area contributed by atoms with Crippen LogP contribution in [0.15, 0.2) is 28.7 Å². The van der Waals surface area contributed by atoms with E-state index in [0.717, 1.165) is 4.47 Å². The Morgan fingerprint density at radius 1 is 1.21 bits per heavy atom. The Morgan fingerprint density at radius 2 is 1.84 bits per heavy atom. The van der Waals surface area contributed by atoms with E-state index >= 15 is 0 Å². The first-order valence-electron chi connectivity index (χ1n) is 6.13. The Kier molecular flexibility index (Phi) is 5.54. The number of carbonyl (C=O) groups is 2. The third kappa shape index (κ3) is 5.87. The van der Waals surface area contributed by atoms with Gasteiger partial charge in [0.2, 0.25) is 5.91 Å². The molecule has 0 radical (unpaired) electrons. The SMILES string of the molecule is CC(C)(C)NC(=O)CCNC(=O)c1ccccc1Br. The maximum Gasteiger partial charge on any atom is 0.252 e. The van der Waals surface area contributed by atoms with Gasteiger partial charge in [-0.05, 0) is 48.8 Å². The topological polar surface area (TPSA) is 58.2 Å². The maximum absolute atomic E-state index is 11.9. The lowest BCUT2D eigenvalue weighted by Gasteiger charge is -2.20. The normalized spacial score (nSPS) is 10.9. The molecule has 2 N–H and O–H groups in total. The molecule has 0 aliphatic rings. The number of benzene rings is 1. The summed E-state index contributed by atoms with van der Waals surface area (Å²) in [6.45, 7) is 6.09. The van der Waals surface area contributed by atoms with Crippen molar-refractivity contribution in [2.75, 3.05) is 6.54 Å². The van der Waals surface area contributed by atoms with Crippen LogP contribution in [0.25, 0.3) is 0 Å². The van der Waals surface area contributed by atoms with Crippen molar-refractivity contribution < 1.29 is 9.59 Å². The lowest BCUT2D eigenvalue weighted by atomic mass is 10.1. The van der Waals surface area contributed by atoms with E-state index in [4.69, 9.17) is 0 Å². The third-order valence-electron chi connectivity index (χ3n) is 2.27. The zero-order valence-corrected chi connectivity index (χ0v) is 13.0. The van der Waals surface area contributed by atoms with Gasteiger partial charge < -0.3 is 10.6 Å². The molecule has 0 atom stereocenters. The van der Waals surface area contributed by atoms with Crippen molar-refractivity contribution >= 4 is 27.7 Å². The van der Waals surface area contributed by atoms with Crippen molar-refractivity contribution in [1.82, 2.24) is 10.6 Å². The molecule has 4 nitrogen and oxygen atoms in total. The van der Waals surface area contributed by atoms with Crippen LogP contribution in [0.2, 0.25) is 0 Å². The Labute approximate surface area is 122 Å². The molecule has 0 saturated heterocycles. The molecule has 0 unspecified atom stereocenters. The summed E-state index contributed by atoms with van der Waals surface area (Å²) in [7, 11) is 0. The molecule has 0 heterocycles. The van der Waals surface area contributed by atoms with Crippen LogP contribution in [0.1, 0.15) is 37.6 Å². The highest BCUT2D eigenvalue weighted by molar-refractivity contribution is 9.10. The number of carbonyl (C=O) groups excluding carboxylic acids is 2. The van der Waals surface area contributed by atoms with Gasteiger partial charge in [0.25, 0.3) is 5.91 Å². The predicted molar refractivity (Wildman–Crippen MR) is 79.0 cm³/mol. The van der Waals surface area contributed by atoms with Crippen LogP contribution in [-0.2, 0) is 4.79 Å². The zero-order valence-electron chi connectivity index (χ0n) is 11.4. The second-order valence-electron chi connectivity index (χ2n) is 5.28. The van der Waals surface area contributed by atoms with Gasteiger partial charge in [0, 0.05) is 23.0 Å². The van der Waals surface area contributed by atoms with E-state index in [0.29, 0.717) is 12.1 Å². The summed E-state index contributed by atoms with van der Waals surface area (Å²) in [5, 5.41) is 5.57. The van der Waals surface area contributed by atoms with Crippen LogP contribution in [-0.4, -0.2) is 23.9 Å². The summed E-state index contributed by atoms with van der Waals surface area (Å²) in [6, 6.07) is 7.18. The van der Waals surface area contributed by atoms with E-state index in [-0.39, 0.29) is 23.8 Å². The van der Waals surface area contributed by atoms with E-state index in [9.17, 15) is 9.59 Å². The molecular formula is C14H19BrN2O2. The van der Waals surface area contributed by atoms with Gasteiger partial charge in [0.1, 0.15) is 0 Å². The van der Waals surface area contributed by atoms with Gasteiger partial charge in [0.05, 0.1) is 5.56 Å². The largest absolute Gasteiger partial charge is 0.351 e. The highest BCUT2D eigenvalue weighted by atomic mass is 79.9. The monoisotopic (exact) mass is 326 g/mol. The Hall–Kier alpha value is -1.36. The molecule has 5 heteroatoms. The minimum Gasteiger partial charge on any atom is -0.351 e. The van der Waals surface area contributed by atoms with Gasteiger partial charge in [0.15, 0.2) is 0 Å². The summed E-state index contributed by atoms with van der Waals surface area (Å²) in [4.78, 5) is 23.4. The first-order chi connectivity index (χ1) is 8.79. The Bertz CT molecular complexity index is 467. The molecule has 19 heavy (non-hydrogen) atoms. The van der Waals surface area contributed by atoms with E-state index in [1.165, 1.54) is 0 Å². The number of hydrogen-bond acceptors (Lipinski definition) is 2. The first-order valence-corrected chi connectivity index (χ1v) is 6.92. The fourth-order valence-electron chi connectivity index (χ4n) is 1.51. The third-order valence-corrected chi connectivity index (χ3v) is 2.96. The molecule has 0 aliphatic heterocycles. The average molecular weight is 327 g/mol. The van der Waals surface area contributed by atoms with Crippen LogP contribution < -0.4 is 10.6 Å². The molecule has 0 bridgehead atoms. The van der Waals surface area contributed by atoms with Crippen LogP contribution in [0.5, 0.6) is 0 Å². The number of halogens is 1. The summed E-state index contributed by atoms with van der Waals surface area (Å²) >= 11 is 3.32. The van der Waals surface area contributed by atoms with Crippen molar-refractivity contribution in [2.24, 2.45) is 0 Å². The minimum atomic E-state index is -0.246. The molecule has 0 spiro atoms. The van der Waals surface area contributed by atoms with Crippen LogP contribution in [0.4, 0.5) is 0 Å². The van der Waals surface area contributed by atoms with Crippen LogP contribution >= 0.6 is 15.9 Å². The molecule has 104 valence electrons. The standard InChI is InChI=1S/C14H19BrN2O2/c1-14(2,3)17-12(18)8-9-16-13(19)10-6-4-5-7-11(10)15/h4-7H,8-9H2,1-3H3,(H,16,19)(H,17,18). The number of nitrogens with one attached hydrogen (secondary N) is 2. The smallest absolute Gasteiger partial charge is 0.252 e. The molecule has 1 rings (SSSR count). The molecule has 1 aromatic carbocycles. The highest BCUT2D eigenvalue weighted by Gasteiger charge is 2.14. The van der Waals surface area contributed by atoms with Crippen LogP contribution in [0, 0.1) is 0 Å². The second kappa shape index (κ2) is 6.70. The average Bonchev–Trinajstić information content (AvgIpc) is 2.26. The van der Waals surface area contributed by atoms with Crippen molar-refractivity contribution in [3.8, 4) is 0 Å². The number of amides is 2. The molecule has 0 saturated carbocycles. The van der Waals surface area contributed by atoms with Crippen molar-refractivity contribution in [2.45, 2.75) is 32.7 Å². The summed E-state index contributed by atoms with van der Waals surface area (Å²) in [5.41, 5.74) is 0.322. The fraction of sp³-hybridized carbons (Fsp3) is 0.429. The molecule has 2 amide bonds. The lowest BCUT2D eigenvalue weighted by molar-refractivity contribution is -0.122. The van der Waals surface area contributed by atoms with Crippen molar-refractivity contribution in [3.63, 3.8) is 0 Å². The first kappa shape index (κ1) is 15.7. The van der Waals surface area contributed by atoms with E-state index in [2.05, 4.69) is 26.6 Å². The molecule has 0 aliphatic carbocycles. The minimum absolute atomic E-state index is 0.0695. The summed E-state index contributed by atoms with van der Waals surface area (Å²) in [6.07, 6.45) is 0.271. The highest BCUT2D eigenvalue weighted by Crippen LogP contribution is 2.15. The fourth-order valence-corrected chi connectivity index (χ4v) is 1.98. The van der Waals surface area contributed by atoms with Gasteiger partial charge in [-0.3, -0.25) is 9.59 Å². The van der Waals surface area contributed by atoms with E-state index < -0.39 is 0 Å². The Balaban J connectivity index is 2.40. The lowest BCUT2D eigenvalue weighted by Crippen LogP contribution is -2.42. The van der Waals surface area contributed by atoms with Gasteiger partial charge >= 0.3 is 0 Å². The molecular weight excluding hydrogens is 308 g/mol. The van der Waals surface area contributed by atoms with Crippen LogP contribution in [0.3, 0.4) is 0 Å². The van der Waals surface area contributed by atoms with Gasteiger partial charge in [-0.2, -0.15) is 0 Å².